The second-order valence-corrected chi connectivity index (χ2v) is 2.99. The van der Waals surface area contributed by atoms with Crippen molar-refractivity contribution < 1.29 is 20.0 Å². The number of aliphatic hydroxyl groups excluding tert-OH is 2. The molecule has 6 heteroatoms. The van der Waals surface area contributed by atoms with Gasteiger partial charge >= 0.3 is 0 Å². The van der Waals surface area contributed by atoms with Crippen molar-refractivity contribution in [1.82, 2.24) is 0 Å². The summed E-state index contributed by atoms with van der Waals surface area (Å²) in [4.78, 5) is 14.9. The Morgan fingerprint density at radius 3 is 1.80 bits per heavy atom. The summed E-state index contributed by atoms with van der Waals surface area (Å²) >= 11 is 4.45. The van der Waals surface area contributed by atoms with E-state index >= 15 is 0 Å². The lowest BCUT2D eigenvalue weighted by Crippen LogP contribution is -2.00. The molecule has 0 aliphatic rings. The van der Waals surface area contributed by atoms with Crippen LogP contribution in [0, 0.1) is 0 Å². The summed E-state index contributed by atoms with van der Waals surface area (Å²) in [5, 5.41) is 16.5. The molecule has 0 spiro atoms. The first-order valence-corrected chi connectivity index (χ1v) is 4.78. The molecule has 0 heterocycles. The highest BCUT2D eigenvalue weighted by molar-refractivity contribution is 7.74. The van der Waals surface area contributed by atoms with Crippen LogP contribution in [0.15, 0.2) is 0 Å². The van der Waals surface area contributed by atoms with E-state index in [0.29, 0.717) is 6.42 Å². The Labute approximate surface area is 65.8 Å². The van der Waals surface area contributed by atoms with Crippen LogP contribution in [-0.4, -0.2) is 32.7 Å². The molecule has 0 amide bonds. The van der Waals surface area contributed by atoms with Crippen molar-refractivity contribution in [3.63, 3.8) is 0 Å². The Hall–Kier alpha value is 0.560. The highest BCUT2D eigenvalue weighted by Gasteiger charge is 1.88. The first-order valence-electron chi connectivity index (χ1n) is 2.63. The SMILES string of the molecule is CC(O)CCO.OP(O)Cl. The second-order valence-electron chi connectivity index (χ2n) is 1.60. The predicted octanol–water partition coefficient (Wildman–Crippen LogP) is 0.186. The average Bonchev–Trinajstić information content (AvgIpc) is 1.62. The molecule has 4 N–H and O–H groups in total. The van der Waals surface area contributed by atoms with E-state index < -0.39 is 7.73 Å². The van der Waals surface area contributed by atoms with Crippen LogP contribution in [-0.2, 0) is 0 Å². The van der Waals surface area contributed by atoms with Crippen LogP contribution in [0.4, 0.5) is 0 Å². The van der Waals surface area contributed by atoms with Gasteiger partial charge in [0.05, 0.1) is 6.10 Å². The molecule has 0 aromatic carbocycles. The smallest absolute Gasteiger partial charge is 0.271 e. The summed E-state index contributed by atoms with van der Waals surface area (Å²) in [6, 6.07) is 0. The van der Waals surface area contributed by atoms with Gasteiger partial charge in [-0.3, -0.25) is 0 Å². The lowest BCUT2D eigenvalue weighted by Gasteiger charge is -1.95. The zero-order chi connectivity index (χ0) is 8.57. The molecule has 0 aliphatic carbocycles. The van der Waals surface area contributed by atoms with Crippen molar-refractivity contribution in [2.45, 2.75) is 19.4 Å². The van der Waals surface area contributed by atoms with E-state index in [1.54, 1.807) is 6.92 Å². The van der Waals surface area contributed by atoms with E-state index in [1.165, 1.54) is 0 Å². The normalized spacial score (nSPS) is 12.3. The molecule has 0 saturated heterocycles. The van der Waals surface area contributed by atoms with Gasteiger partial charge in [-0.1, -0.05) is 0 Å². The van der Waals surface area contributed by atoms with Crippen LogP contribution in [0.1, 0.15) is 13.3 Å². The first-order chi connectivity index (χ1) is 4.50. The minimum Gasteiger partial charge on any atom is -0.396 e. The quantitative estimate of drug-likeness (QED) is 0.469. The Balaban J connectivity index is 0. The van der Waals surface area contributed by atoms with Crippen LogP contribution in [0.25, 0.3) is 0 Å². The van der Waals surface area contributed by atoms with Gasteiger partial charge in [0.1, 0.15) is 0 Å². The molecule has 0 aromatic heterocycles. The first kappa shape index (κ1) is 13.2. The Bertz CT molecular complexity index is 58.5. The van der Waals surface area contributed by atoms with Gasteiger partial charge in [0.15, 0.2) is 0 Å². The van der Waals surface area contributed by atoms with E-state index in [9.17, 15) is 0 Å². The van der Waals surface area contributed by atoms with Gasteiger partial charge < -0.3 is 20.0 Å². The van der Waals surface area contributed by atoms with E-state index in [2.05, 4.69) is 11.2 Å². The Morgan fingerprint density at radius 1 is 1.50 bits per heavy atom. The predicted molar refractivity (Wildman–Crippen MR) is 40.6 cm³/mol. The molecule has 0 fully saturated rings. The van der Waals surface area contributed by atoms with Gasteiger partial charge in [0, 0.05) is 6.61 Å². The Morgan fingerprint density at radius 2 is 1.80 bits per heavy atom. The number of halogens is 1. The van der Waals surface area contributed by atoms with E-state index in [1.807, 2.05) is 0 Å². The van der Waals surface area contributed by atoms with Crippen LogP contribution in [0.3, 0.4) is 0 Å². The highest BCUT2D eigenvalue weighted by Crippen LogP contribution is 2.27. The van der Waals surface area contributed by atoms with Crippen molar-refractivity contribution in [1.29, 1.82) is 0 Å². The summed E-state index contributed by atoms with van der Waals surface area (Å²) in [6.07, 6.45) is 0.134. The topological polar surface area (TPSA) is 80.9 Å². The van der Waals surface area contributed by atoms with E-state index in [-0.39, 0.29) is 12.7 Å². The van der Waals surface area contributed by atoms with Crippen LogP contribution in [0.5, 0.6) is 0 Å². The summed E-state index contributed by atoms with van der Waals surface area (Å²) in [6.45, 7) is 1.73. The van der Waals surface area contributed by atoms with Crippen molar-refractivity contribution in [2.75, 3.05) is 6.61 Å². The molecule has 0 saturated carbocycles. The van der Waals surface area contributed by atoms with Gasteiger partial charge in [0.2, 0.25) is 0 Å². The van der Waals surface area contributed by atoms with Crippen molar-refractivity contribution >= 4 is 19.0 Å². The highest BCUT2D eigenvalue weighted by atomic mass is 35.7. The number of hydrogen-bond donors (Lipinski definition) is 4. The van der Waals surface area contributed by atoms with Crippen LogP contribution in [0.2, 0.25) is 0 Å². The molecule has 0 aliphatic heterocycles. The van der Waals surface area contributed by atoms with Gasteiger partial charge in [-0.25, -0.2) is 0 Å². The minimum absolute atomic E-state index is 0.0810. The molecule has 64 valence electrons. The zero-order valence-corrected chi connectivity index (χ0v) is 7.26. The number of rotatable bonds is 2. The molecule has 0 aromatic rings. The van der Waals surface area contributed by atoms with Gasteiger partial charge in [-0.15, -0.1) is 0 Å². The number of aliphatic hydroxyl groups is 2. The molecule has 1 atom stereocenters. The third kappa shape index (κ3) is 38.6. The molecular formula is C4H12ClO4P. The van der Waals surface area contributed by atoms with E-state index in [4.69, 9.17) is 20.0 Å². The van der Waals surface area contributed by atoms with Crippen molar-refractivity contribution in [2.24, 2.45) is 0 Å². The standard InChI is InChI=1S/C4H10O2.ClH2O2P/c1-4(6)2-3-5;1-4(2)3/h4-6H,2-3H2,1H3;2-3H. The zero-order valence-electron chi connectivity index (χ0n) is 5.61. The van der Waals surface area contributed by atoms with Gasteiger partial charge in [-0.05, 0) is 24.6 Å². The fourth-order valence-electron chi connectivity index (χ4n) is 0.187. The van der Waals surface area contributed by atoms with Crippen LogP contribution < -0.4 is 0 Å². The summed E-state index contributed by atoms with van der Waals surface area (Å²) in [5.41, 5.74) is 0. The fraction of sp³-hybridized carbons (Fsp3) is 1.00. The maximum atomic E-state index is 8.39. The van der Waals surface area contributed by atoms with Gasteiger partial charge in [0.25, 0.3) is 7.73 Å². The van der Waals surface area contributed by atoms with Crippen LogP contribution >= 0.6 is 19.0 Å². The summed E-state index contributed by atoms with van der Waals surface area (Å²) in [5.74, 6) is 0. The molecule has 1 unspecified atom stereocenters. The monoisotopic (exact) mass is 190 g/mol. The molecule has 10 heavy (non-hydrogen) atoms. The summed E-state index contributed by atoms with van der Waals surface area (Å²) in [7, 11) is -2.15. The second kappa shape index (κ2) is 9.56. The molecular weight excluding hydrogens is 178 g/mol. The summed E-state index contributed by atoms with van der Waals surface area (Å²) < 4.78 is 0. The lowest BCUT2D eigenvalue weighted by molar-refractivity contribution is 0.148. The molecule has 4 nitrogen and oxygen atoms in total. The molecule has 0 radical (unpaired) electrons. The largest absolute Gasteiger partial charge is 0.396 e. The average molecular weight is 191 g/mol. The van der Waals surface area contributed by atoms with Crippen molar-refractivity contribution in [3.05, 3.63) is 0 Å². The Kier molecular flexibility index (Phi) is 12.6. The fourth-order valence-corrected chi connectivity index (χ4v) is 0.187. The van der Waals surface area contributed by atoms with Gasteiger partial charge in [-0.2, -0.15) is 0 Å². The maximum absolute atomic E-state index is 8.39. The third-order valence-electron chi connectivity index (χ3n) is 0.547. The molecule has 0 rings (SSSR count). The van der Waals surface area contributed by atoms with Crippen molar-refractivity contribution in [3.8, 4) is 0 Å². The third-order valence-corrected chi connectivity index (χ3v) is 0.547. The lowest BCUT2D eigenvalue weighted by atomic mass is 10.3. The number of hydrogen-bond acceptors (Lipinski definition) is 4. The van der Waals surface area contributed by atoms with E-state index in [0.717, 1.165) is 0 Å². The minimum atomic E-state index is -2.15. The maximum Gasteiger partial charge on any atom is 0.271 e. The molecule has 0 bridgehead atoms.